The lowest BCUT2D eigenvalue weighted by atomic mass is 9.97. The second-order valence-electron chi connectivity index (χ2n) is 4.35. The molecule has 1 atom stereocenters. The van der Waals surface area contributed by atoms with Gasteiger partial charge in [-0.3, -0.25) is 4.68 Å². The maximum Gasteiger partial charge on any atom is 0.395 e. The number of hydrogen-bond acceptors (Lipinski definition) is 3. The summed E-state index contributed by atoms with van der Waals surface area (Å²) in [5, 5.41) is 4.41. The van der Waals surface area contributed by atoms with Gasteiger partial charge in [0, 0.05) is 12.6 Å². The van der Waals surface area contributed by atoms with Gasteiger partial charge in [-0.15, -0.1) is 0 Å². The molecule has 0 radical (unpaired) electrons. The van der Waals surface area contributed by atoms with Crippen molar-refractivity contribution in [3.05, 3.63) is 17.7 Å². The minimum atomic E-state index is -4.34. The van der Waals surface area contributed by atoms with Crippen LogP contribution in [0.25, 0.3) is 10.9 Å². The molecule has 1 heterocycles. The van der Waals surface area contributed by atoms with E-state index in [-0.39, 0.29) is 17.1 Å². The van der Waals surface area contributed by atoms with Gasteiger partial charge >= 0.3 is 6.18 Å². The second kappa shape index (κ2) is 4.32. The Hall–Kier alpha value is -1.92. The molecule has 7 heteroatoms. The minimum Gasteiger partial charge on any atom is -0.496 e. The molecular weight excluding hydrogens is 259 g/mol. The van der Waals surface area contributed by atoms with Gasteiger partial charge in [0.25, 0.3) is 0 Å². The highest BCUT2D eigenvalue weighted by molar-refractivity contribution is 5.96. The summed E-state index contributed by atoms with van der Waals surface area (Å²) in [7, 11) is 3.00. The van der Waals surface area contributed by atoms with Crippen molar-refractivity contribution in [1.29, 1.82) is 0 Å². The molecule has 0 aliphatic carbocycles. The third kappa shape index (κ3) is 2.09. The van der Waals surface area contributed by atoms with Crippen molar-refractivity contribution in [1.82, 2.24) is 9.78 Å². The molecule has 0 fully saturated rings. The van der Waals surface area contributed by atoms with E-state index >= 15 is 0 Å². The monoisotopic (exact) mass is 273 g/mol. The molecule has 2 N–H and O–H groups in total. The molecule has 2 aromatic rings. The summed E-state index contributed by atoms with van der Waals surface area (Å²) in [4.78, 5) is 0. The summed E-state index contributed by atoms with van der Waals surface area (Å²) in [6.45, 7) is 1.09. The summed E-state index contributed by atoms with van der Waals surface area (Å²) in [5.74, 6) is -1.34. The molecule has 0 bridgehead atoms. The number of halogens is 3. The van der Waals surface area contributed by atoms with E-state index in [1.165, 1.54) is 17.9 Å². The van der Waals surface area contributed by atoms with Crippen LogP contribution in [0.15, 0.2) is 12.1 Å². The zero-order valence-corrected chi connectivity index (χ0v) is 10.7. The Morgan fingerprint density at radius 2 is 2.00 bits per heavy atom. The summed E-state index contributed by atoms with van der Waals surface area (Å²) in [5.41, 5.74) is 6.43. The number of benzene rings is 1. The van der Waals surface area contributed by atoms with Crippen LogP contribution in [0.1, 0.15) is 18.4 Å². The van der Waals surface area contributed by atoms with Crippen LogP contribution in [-0.4, -0.2) is 23.1 Å². The Kier molecular flexibility index (Phi) is 3.07. The molecule has 104 valence electrons. The van der Waals surface area contributed by atoms with E-state index in [0.29, 0.717) is 10.9 Å². The molecule has 0 saturated carbocycles. The predicted octanol–water partition coefficient (Wildman–Crippen LogP) is 2.83. The largest absolute Gasteiger partial charge is 0.496 e. The highest BCUT2D eigenvalue weighted by Crippen LogP contribution is 2.42. The maximum atomic E-state index is 12.8. The van der Waals surface area contributed by atoms with E-state index in [9.17, 15) is 13.2 Å². The average Bonchev–Trinajstić information content (AvgIpc) is 2.62. The molecule has 2 rings (SSSR count). The molecule has 4 nitrogen and oxygen atoms in total. The van der Waals surface area contributed by atoms with Gasteiger partial charge in [0.2, 0.25) is 0 Å². The number of aryl methyl sites for hydroxylation is 1. The van der Waals surface area contributed by atoms with Gasteiger partial charge in [-0.1, -0.05) is 6.07 Å². The van der Waals surface area contributed by atoms with Gasteiger partial charge < -0.3 is 10.5 Å². The summed E-state index contributed by atoms with van der Waals surface area (Å²) < 4.78 is 45.2. The van der Waals surface area contributed by atoms with Gasteiger partial charge in [0.1, 0.15) is 5.75 Å². The molecule has 1 aromatic carbocycles. The van der Waals surface area contributed by atoms with Gasteiger partial charge in [-0.05, 0) is 13.0 Å². The van der Waals surface area contributed by atoms with Crippen LogP contribution in [0.5, 0.6) is 5.75 Å². The van der Waals surface area contributed by atoms with E-state index in [1.807, 2.05) is 0 Å². The molecule has 0 aliphatic heterocycles. The Morgan fingerprint density at radius 3 is 2.53 bits per heavy atom. The molecule has 1 unspecified atom stereocenters. The number of methoxy groups -OCH3 is 1. The third-order valence-corrected chi connectivity index (χ3v) is 3.19. The van der Waals surface area contributed by atoms with Crippen LogP contribution in [0.3, 0.4) is 0 Å². The number of nitrogens with zero attached hydrogens (tertiary/aromatic N) is 2. The van der Waals surface area contributed by atoms with Gasteiger partial charge in [0.15, 0.2) is 5.82 Å². The van der Waals surface area contributed by atoms with Crippen molar-refractivity contribution in [2.45, 2.75) is 19.0 Å². The maximum absolute atomic E-state index is 12.8. The molecule has 0 amide bonds. The number of alkyl halides is 3. The van der Waals surface area contributed by atoms with E-state index < -0.39 is 12.1 Å². The fourth-order valence-corrected chi connectivity index (χ4v) is 2.11. The summed E-state index contributed by atoms with van der Waals surface area (Å²) in [6.07, 6.45) is -4.34. The number of nitrogen functional groups attached to an aromatic ring is 1. The van der Waals surface area contributed by atoms with Crippen LogP contribution in [0, 0.1) is 0 Å². The molecule has 0 saturated heterocycles. The Labute approximate surface area is 107 Å². The first kappa shape index (κ1) is 13.5. The Balaban J connectivity index is 2.74. The highest BCUT2D eigenvalue weighted by Gasteiger charge is 2.39. The molecule has 1 aromatic heterocycles. The van der Waals surface area contributed by atoms with Crippen molar-refractivity contribution >= 4 is 16.7 Å². The zero-order chi connectivity index (χ0) is 14.4. The fourth-order valence-electron chi connectivity index (χ4n) is 2.11. The van der Waals surface area contributed by atoms with Crippen LogP contribution < -0.4 is 10.5 Å². The SMILES string of the molecule is COc1c(C(C)C(F)(F)F)ccc2c1c(N)nn2C. The minimum absolute atomic E-state index is 0.0576. The smallest absolute Gasteiger partial charge is 0.395 e. The molecule has 0 spiro atoms. The van der Waals surface area contributed by atoms with E-state index in [2.05, 4.69) is 5.10 Å². The van der Waals surface area contributed by atoms with Crippen LogP contribution in [-0.2, 0) is 7.05 Å². The molecule has 19 heavy (non-hydrogen) atoms. The average molecular weight is 273 g/mol. The number of aromatic nitrogens is 2. The standard InChI is InChI=1S/C12H14F3N3O/c1-6(12(13,14)15)7-4-5-8-9(10(7)19-3)11(16)17-18(8)2/h4-6H,1-3H3,(H2,16,17). The van der Waals surface area contributed by atoms with E-state index in [1.54, 1.807) is 13.1 Å². The van der Waals surface area contributed by atoms with Crippen molar-refractivity contribution in [3.63, 3.8) is 0 Å². The number of anilines is 1. The number of fused-ring (bicyclic) bond motifs is 1. The van der Waals surface area contributed by atoms with Crippen LogP contribution in [0.4, 0.5) is 19.0 Å². The van der Waals surface area contributed by atoms with Crippen molar-refractivity contribution in [2.24, 2.45) is 7.05 Å². The zero-order valence-electron chi connectivity index (χ0n) is 10.7. The van der Waals surface area contributed by atoms with Crippen LogP contribution in [0.2, 0.25) is 0 Å². The quantitative estimate of drug-likeness (QED) is 0.915. The van der Waals surface area contributed by atoms with E-state index in [0.717, 1.165) is 6.92 Å². The topological polar surface area (TPSA) is 53.1 Å². The lowest BCUT2D eigenvalue weighted by Gasteiger charge is -2.19. The predicted molar refractivity (Wildman–Crippen MR) is 66.1 cm³/mol. The lowest BCUT2D eigenvalue weighted by Crippen LogP contribution is -2.18. The van der Waals surface area contributed by atoms with Gasteiger partial charge in [-0.25, -0.2) is 0 Å². The van der Waals surface area contributed by atoms with Gasteiger partial charge in [0.05, 0.1) is 23.9 Å². The normalized spacial score (nSPS) is 13.8. The first-order valence-corrected chi connectivity index (χ1v) is 5.63. The first-order chi connectivity index (χ1) is 8.77. The lowest BCUT2D eigenvalue weighted by molar-refractivity contribution is -0.146. The summed E-state index contributed by atoms with van der Waals surface area (Å²) >= 11 is 0. The second-order valence-corrected chi connectivity index (χ2v) is 4.35. The number of hydrogen-bond donors (Lipinski definition) is 1. The first-order valence-electron chi connectivity index (χ1n) is 5.63. The van der Waals surface area contributed by atoms with Crippen molar-refractivity contribution in [3.8, 4) is 5.75 Å². The van der Waals surface area contributed by atoms with E-state index in [4.69, 9.17) is 10.5 Å². The van der Waals surface area contributed by atoms with Gasteiger partial charge in [-0.2, -0.15) is 18.3 Å². The summed E-state index contributed by atoms with van der Waals surface area (Å²) in [6, 6.07) is 2.97. The Morgan fingerprint density at radius 1 is 1.37 bits per heavy atom. The van der Waals surface area contributed by atoms with Crippen molar-refractivity contribution in [2.75, 3.05) is 12.8 Å². The van der Waals surface area contributed by atoms with Crippen molar-refractivity contribution < 1.29 is 17.9 Å². The number of ether oxygens (including phenoxy) is 1. The highest BCUT2D eigenvalue weighted by atomic mass is 19.4. The fraction of sp³-hybridized carbons (Fsp3) is 0.417. The third-order valence-electron chi connectivity index (χ3n) is 3.19. The number of rotatable bonds is 2. The Bertz CT molecular complexity index is 619. The molecule has 0 aliphatic rings. The molecular formula is C12H14F3N3O. The van der Waals surface area contributed by atoms with Crippen LogP contribution >= 0.6 is 0 Å². The number of nitrogens with two attached hydrogens (primary N) is 1.